The van der Waals surface area contributed by atoms with Crippen molar-refractivity contribution in [3.8, 4) is 0 Å². The number of hydrogen-bond donors (Lipinski definition) is 1. The molecule has 0 saturated carbocycles. The molecule has 2 aromatic carbocycles. The summed E-state index contributed by atoms with van der Waals surface area (Å²) in [5.41, 5.74) is 2.20. The molecule has 1 amide bonds. The summed E-state index contributed by atoms with van der Waals surface area (Å²) >= 11 is 5.88. The number of aryl methyl sites for hydroxylation is 1. The van der Waals surface area contributed by atoms with Crippen LogP contribution >= 0.6 is 11.6 Å². The molecule has 0 aliphatic rings. The summed E-state index contributed by atoms with van der Waals surface area (Å²) in [5.74, 6) is -0.423. The second-order valence-corrected chi connectivity index (χ2v) is 5.86. The van der Waals surface area contributed by atoms with Crippen LogP contribution in [-0.4, -0.2) is 15.7 Å². The first-order valence-electron chi connectivity index (χ1n) is 7.37. The van der Waals surface area contributed by atoms with Crippen molar-refractivity contribution in [2.24, 2.45) is 0 Å². The van der Waals surface area contributed by atoms with E-state index in [1.165, 1.54) is 18.2 Å². The van der Waals surface area contributed by atoms with Crippen molar-refractivity contribution in [3.05, 3.63) is 82.3 Å². The van der Waals surface area contributed by atoms with Gasteiger partial charge in [-0.15, -0.1) is 0 Å². The molecule has 3 rings (SSSR count). The Morgan fingerprint density at radius 3 is 2.67 bits per heavy atom. The number of hydrogen-bond acceptors (Lipinski definition) is 2. The Morgan fingerprint density at radius 2 is 1.96 bits per heavy atom. The molecular weight excluding hydrogens is 329 g/mol. The Morgan fingerprint density at radius 1 is 1.21 bits per heavy atom. The largest absolute Gasteiger partial charge is 0.305 e. The molecule has 0 aliphatic heterocycles. The molecular formula is C18H15ClFN3O. The number of benzene rings is 2. The van der Waals surface area contributed by atoms with Crippen molar-refractivity contribution in [2.75, 3.05) is 5.32 Å². The van der Waals surface area contributed by atoms with Crippen LogP contribution in [0.15, 0.2) is 54.6 Å². The number of carbonyl (C=O) groups excluding carboxylic acids is 1. The minimum atomic E-state index is -0.452. The number of carbonyl (C=O) groups is 1. The Balaban J connectivity index is 1.74. The lowest BCUT2D eigenvalue weighted by atomic mass is 10.2. The molecule has 4 nitrogen and oxygen atoms in total. The van der Waals surface area contributed by atoms with Gasteiger partial charge in [0.2, 0.25) is 0 Å². The van der Waals surface area contributed by atoms with Gasteiger partial charge in [0.1, 0.15) is 5.82 Å². The fourth-order valence-electron chi connectivity index (χ4n) is 2.31. The number of anilines is 1. The minimum Gasteiger partial charge on any atom is -0.305 e. The van der Waals surface area contributed by atoms with Gasteiger partial charge in [0.25, 0.3) is 5.91 Å². The van der Waals surface area contributed by atoms with E-state index in [-0.39, 0.29) is 5.56 Å². The van der Waals surface area contributed by atoms with Gasteiger partial charge in [-0.2, -0.15) is 5.10 Å². The summed E-state index contributed by atoms with van der Waals surface area (Å²) in [6.07, 6.45) is 0. The second-order valence-electron chi connectivity index (χ2n) is 5.42. The molecule has 3 aromatic rings. The van der Waals surface area contributed by atoms with E-state index >= 15 is 0 Å². The third-order valence-corrected chi connectivity index (χ3v) is 3.81. The van der Waals surface area contributed by atoms with Gasteiger partial charge in [0, 0.05) is 22.3 Å². The highest BCUT2D eigenvalue weighted by Gasteiger charge is 2.11. The molecule has 1 heterocycles. The molecule has 0 radical (unpaired) electrons. The van der Waals surface area contributed by atoms with Crippen LogP contribution in [0.25, 0.3) is 0 Å². The van der Waals surface area contributed by atoms with Gasteiger partial charge in [0.15, 0.2) is 5.82 Å². The van der Waals surface area contributed by atoms with E-state index in [9.17, 15) is 9.18 Å². The number of halogens is 2. The smallest absolute Gasteiger partial charge is 0.256 e. The Kier molecular flexibility index (Phi) is 4.62. The summed E-state index contributed by atoms with van der Waals surface area (Å²) in [4.78, 5) is 12.1. The number of rotatable bonds is 4. The van der Waals surface area contributed by atoms with Gasteiger partial charge in [-0.25, -0.2) is 4.39 Å². The van der Waals surface area contributed by atoms with E-state index in [1.54, 1.807) is 16.8 Å². The highest BCUT2D eigenvalue weighted by Crippen LogP contribution is 2.15. The zero-order valence-corrected chi connectivity index (χ0v) is 13.7. The van der Waals surface area contributed by atoms with E-state index in [4.69, 9.17) is 11.6 Å². The van der Waals surface area contributed by atoms with Gasteiger partial charge in [0.05, 0.1) is 6.54 Å². The van der Waals surface area contributed by atoms with Crippen LogP contribution < -0.4 is 5.32 Å². The third kappa shape index (κ3) is 3.81. The van der Waals surface area contributed by atoms with E-state index in [2.05, 4.69) is 10.4 Å². The first-order valence-corrected chi connectivity index (χ1v) is 7.75. The van der Waals surface area contributed by atoms with E-state index in [0.29, 0.717) is 17.4 Å². The van der Waals surface area contributed by atoms with Crippen molar-refractivity contribution in [3.63, 3.8) is 0 Å². The van der Waals surface area contributed by atoms with Crippen LogP contribution in [0, 0.1) is 12.7 Å². The van der Waals surface area contributed by atoms with Gasteiger partial charge in [-0.05, 0) is 42.8 Å². The van der Waals surface area contributed by atoms with Gasteiger partial charge < -0.3 is 5.32 Å². The van der Waals surface area contributed by atoms with Crippen LogP contribution in [0.5, 0.6) is 0 Å². The molecule has 0 aliphatic carbocycles. The van der Waals surface area contributed by atoms with E-state index in [1.807, 2.05) is 31.2 Å². The third-order valence-electron chi connectivity index (χ3n) is 3.56. The highest BCUT2D eigenvalue weighted by atomic mass is 35.5. The average molecular weight is 344 g/mol. The quantitative estimate of drug-likeness (QED) is 0.768. The Hall–Kier alpha value is -2.66. The summed E-state index contributed by atoms with van der Waals surface area (Å²) < 4.78 is 15.0. The maximum atomic E-state index is 13.2. The minimum absolute atomic E-state index is 0.250. The molecule has 0 unspecified atom stereocenters. The summed E-state index contributed by atoms with van der Waals surface area (Å²) in [6, 6.07) is 14.8. The maximum absolute atomic E-state index is 13.2. The number of nitrogens with zero attached hydrogens (tertiary/aromatic N) is 2. The summed E-state index contributed by atoms with van der Waals surface area (Å²) in [7, 11) is 0. The van der Waals surface area contributed by atoms with Gasteiger partial charge >= 0.3 is 0 Å². The van der Waals surface area contributed by atoms with Crippen molar-refractivity contribution >= 4 is 23.3 Å². The predicted octanol–water partition coefficient (Wildman–Crippen LogP) is 4.28. The standard InChI is InChI=1S/C18H15ClFN3O/c1-12-9-17(21-18(24)14-3-2-4-16(20)10-14)22-23(12)11-13-5-7-15(19)8-6-13/h2-10H,11H2,1H3,(H,21,22,24). The molecule has 6 heteroatoms. The van der Waals surface area contributed by atoms with Crippen LogP contribution in [0.3, 0.4) is 0 Å². The lowest BCUT2D eigenvalue weighted by Crippen LogP contribution is -2.13. The topological polar surface area (TPSA) is 46.9 Å². The number of nitrogens with one attached hydrogen (secondary N) is 1. The van der Waals surface area contributed by atoms with Gasteiger partial charge in [-0.3, -0.25) is 9.48 Å². The number of aromatic nitrogens is 2. The normalized spacial score (nSPS) is 10.6. The maximum Gasteiger partial charge on any atom is 0.256 e. The predicted molar refractivity (Wildman–Crippen MR) is 91.9 cm³/mol. The Bertz CT molecular complexity index is 874. The first kappa shape index (κ1) is 16.2. The van der Waals surface area contributed by atoms with Crippen molar-refractivity contribution < 1.29 is 9.18 Å². The van der Waals surface area contributed by atoms with E-state index in [0.717, 1.165) is 11.3 Å². The molecule has 1 N–H and O–H groups in total. The molecule has 0 spiro atoms. The monoisotopic (exact) mass is 343 g/mol. The zero-order chi connectivity index (χ0) is 17.1. The Labute approximate surface area is 143 Å². The van der Waals surface area contributed by atoms with E-state index < -0.39 is 11.7 Å². The molecule has 0 fully saturated rings. The average Bonchev–Trinajstić information content (AvgIpc) is 2.89. The molecule has 24 heavy (non-hydrogen) atoms. The van der Waals surface area contributed by atoms with Crippen molar-refractivity contribution in [2.45, 2.75) is 13.5 Å². The highest BCUT2D eigenvalue weighted by molar-refractivity contribution is 6.30. The molecule has 122 valence electrons. The van der Waals surface area contributed by atoms with Crippen molar-refractivity contribution in [1.82, 2.24) is 9.78 Å². The zero-order valence-electron chi connectivity index (χ0n) is 13.0. The lowest BCUT2D eigenvalue weighted by Gasteiger charge is -2.05. The molecule has 0 saturated heterocycles. The van der Waals surface area contributed by atoms with Crippen LogP contribution in [0.4, 0.5) is 10.2 Å². The van der Waals surface area contributed by atoms with Crippen molar-refractivity contribution in [1.29, 1.82) is 0 Å². The first-order chi connectivity index (χ1) is 11.5. The van der Waals surface area contributed by atoms with Crippen LogP contribution in [0.1, 0.15) is 21.6 Å². The van der Waals surface area contributed by atoms with Crippen LogP contribution in [0.2, 0.25) is 5.02 Å². The van der Waals surface area contributed by atoms with Crippen LogP contribution in [-0.2, 0) is 6.54 Å². The molecule has 0 bridgehead atoms. The summed E-state index contributed by atoms with van der Waals surface area (Å²) in [6.45, 7) is 2.47. The SMILES string of the molecule is Cc1cc(NC(=O)c2cccc(F)c2)nn1Cc1ccc(Cl)cc1. The summed E-state index contributed by atoms with van der Waals surface area (Å²) in [5, 5.41) is 7.74. The molecule has 0 atom stereocenters. The fraction of sp³-hybridized carbons (Fsp3) is 0.111. The second kappa shape index (κ2) is 6.84. The number of amides is 1. The molecule has 1 aromatic heterocycles. The lowest BCUT2D eigenvalue weighted by molar-refractivity contribution is 0.102. The van der Waals surface area contributed by atoms with Gasteiger partial charge in [-0.1, -0.05) is 29.8 Å². The fourth-order valence-corrected chi connectivity index (χ4v) is 2.44.